The van der Waals surface area contributed by atoms with Crippen molar-refractivity contribution in [2.24, 2.45) is 0 Å². The van der Waals surface area contributed by atoms with Crippen LogP contribution >= 0.6 is 11.6 Å². The first-order valence-corrected chi connectivity index (χ1v) is 8.68. The van der Waals surface area contributed by atoms with Crippen LogP contribution in [0.3, 0.4) is 0 Å². The summed E-state index contributed by atoms with van der Waals surface area (Å²) in [6.07, 6.45) is 1.07. The molecule has 0 unspecified atom stereocenters. The van der Waals surface area contributed by atoms with Crippen molar-refractivity contribution < 1.29 is 23.1 Å². The molecule has 2 aromatic carbocycles. The van der Waals surface area contributed by atoms with Crippen LogP contribution in [0.4, 0.5) is 14.5 Å². The Morgan fingerprint density at radius 2 is 1.89 bits per heavy atom. The van der Waals surface area contributed by atoms with Gasteiger partial charge >= 0.3 is 0 Å². The summed E-state index contributed by atoms with van der Waals surface area (Å²) in [7, 11) is 1.44. The van der Waals surface area contributed by atoms with Gasteiger partial charge in [0.15, 0.2) is 0 Å². The van der Waals surface area contributed by atoms with Gasteiger partial charge in [-0.2, -0.15) is 0 Å². The molecule has 0 aromatic heterocycles. The van der Waals surface area contributed by atoms with Crippen molar-refractivity contribution in [1.82, 2.24) is 4.90 Å². The third-order valence-corrected chi connectivity index (χ3v) is 4.57. The van der Waals surface area contributed by atoms with E-state index < -0.39 is 29.5 Å². The molecule has 0 bridgehead atoms. The fourth-order valence-corrected chi connectivity index (χ4v) is 3.31. The van der Waals surface area contributed by atoms with Gasteiger partial charge < -0.3 is 15.0 Å². The first-order valence-electron chi connectivity index (χ1n) is 8.30. The Morgan fingerprint density at radius 1 is 1.19 bits per heavy atom. The second-order valence-corrected chi connectivity index (χ2v) is 6.58. The van der Waals surface area contributed by atoms with Gasteiger partial charge in [-0.1, -0.05) is 11.6 Å². The molecule has 5 nitrogen and oxygen atoms in total. The topological polar surface area (TPSA) is 58.6 Å². The Hall–Kier alpha value is -2.67. The van der Waals surface area contributed by atoms with E-state index in [9.17, 15) is 18.4 Å². The molecular formula is C19H17ClF2N2O3. The summed E-state index contributed by atoms with van der Waals surface area (Å²) in [4.78, 5) is 27.0. The molecular weight excluding hydrogens is 378 g/mol. The Labute approximate surface area is 159 Å². The standard InChI is InChI=1S/C19H17ClF2N2O3/c1-27-17-5-4-11(20)7-15(17)19(26)24-6-2-3-16(24)18(25)23-14-9-12(21)8-13(22)10-14/h4-5,7-10,16H,2-3,6H2,1H3,(H,23,25)/t16-/m0/s1. The van der Waals surface area contributed by atoms with Gasteiger partial charge in [-0.3, -0.25) is 9.59 Å². The van der Waals surface area contributed by atoms with Gasteiger partial charge in [-0.15, -0.1) is 0 Å². The zero-order chi connectivity index (χ0) is 19.6. The zero-order valence-electron chi connectivity index (χ0n) is 14.5. The average Bonchev–Trinajstić information content (AvgIpc) is 3.10. The van der Waals surface area contributed by atoms with E-state index in [1.54, 1.807) is 12.1 Å². The molecule has 3 rings (SSSR count). The van der Waals surface area contributed by atoms with Gasteiger partial charge in [0.1, 0.15) is 23.4 Å². The van der Waals surface area contributed by atoms with E-state index in [1.807, 2.05) is 0 Å². The van der Waals surface area contributed by atoms with Crippen LogP contribution in [-0.2, 0) is 4.79 Å². The fourth-order valence-electron chi connectivity index (χ4n) is 3.14. The first-order chi connectivity index (χ1) is 12.9. The number of nitrogens with one attached hydrogen (secondary N) is 1. The highest BCUT2D eigenvalue weighted by molar-refractivity contribution is 6.31. The molecule has 2 aromatic rings. The van der Waals surface area contributed by atoms with Crippen molar-refractivity contribution in [3.05, 3.63) is 58.6 Å². The number of anilines is 1. The van der Waals surface area contributed by atoms with Gasteiger partial charge in [-0.25, -0.2) is 8.78 Å². The van der Waals surface area contributed by atoms with Gasteiger partial charge in [0.05, 0.1) is 12.7 Å². The third-order valence-electron chi connectivity index (χ3n) is 4.34. The number of benzene rings is 2. The van der Waals surface area contributed by atoms with Crippen LogP contribution in [0.25, 0.3) is 0 Å². The molecule has 8 heteroatoms. The van der Waals surface area contributed by atoms with Gasteiger partial charge in [0.2, 0.25) is 5.91 Å². The number of carbonyl (C=O) groups is 2. The van der Waals surface area contributed by atoms with E-state index >= 15 is 0 Å². The van der Waals surface area contributed by atoms with E-state index in [1.165, 1.54) is 18.1 Å². The fraction of sp³-hybridized carbons (Fsp3) is 0.263. The van der Waals surface area contributed by atoms with Gasteiger partial charge in [0.25, 0.3) is 5.91 Å². The van der Waals surface area contributed by atoms with E-state index in [-0.39, 0.29) is 11.3 Å². The highest BCUT2D eigenvalue weighted by atomic mass is 35.5. The van der Waals surface area contributed by atoms with Crippen LogP contribution < -0.4 is 10.1 Å². The van der Waals surface area contributed by atoms with E-state index in [2.05, 4.69) is 5.32 Å². The Morgan fingerprint density at radius 3 is 2.56 bits per heavy atom. The van der Waals surface area contributed by atoms with Crippen LogP contribution in [0.15, 0.2) is 36.4 Å². The molecule has 27 heavy (non-hydrogen) atoms. The maximum atomic E-state index is 13.3. The Balaban J connectivity index is 1.81. The van der Waals surface area contributed by atoms with Crippen LogP contribution in [-0.4, -0.2) is 36.4 Å². The van der Waals surface area contributed by atoms with Gasteiger partial charge in [0, 0.05) is 23.3 Å². The quantitative estimate of drug-likeness (QED) is 0.856. The normalized spacial score (nSPS) is 16.3. The minimum absolute atomic E-state index is 0.00265. The lowest BCUT2D eigenvalue weighted by atomic mass is 10.1. The lowest BCUT2D eigenvalue weighted by Gasteiger charge is -2.25. The zero-order valence-corrected chi connectivity index (χ0v) is 15.2. The number of amides is 2. The molecule has 142 valence electrons. The monoisotopic (exact) mass is 394 g/mol. The SMILES string of the molecule is COc1ccc(Cl)cc1C(=O)N1CCC[C@H]1C(=O)Nc1cc(F)cc(F)c1. The maximum Gasteiger partial charge on any atom is 0.258 e. The number of halogens is 3. The first kappa shape index (κ1) is 19.1. The second-order valence-electron chi connectivity index (χ2n) is 6.15. The molecule has 1 fully saturated rings. The van der Waals surface area contributed by atoms with Crippen molar-refractivity contribution in [3.8, 4) is 5.75 Å². The van der Waals surface area contributed by atoms with Crippen molar-refractivity contribution >= 4 is 29.1 Å². The highest BCUT2D eigenvalue weighted by Gasteiger charge is 2.35. The number of hydrogen-bond donors (Lipinski definition) is 1. The summed E-state index contributed by atoms with van der Waals surface area (Å²) in [5, 5.41) is 2.84. The number of carbonyl (C=O) groups excluding carboxylic acids is 2. The highest BCUT2D eigenvalue weighted by Crippen LogP contribution is 2.28. The largest absolute Gasteiger partial charge is 0.496 e. The minimum atomic E-state index is -0.798. The van der Waals surface area contributed by atoms with Gasteiger partial charge in [-0.05, 0) is 43.2 Å². The lowest BCUT2D eigenvalue weighted by Crippen LogP contribution is -2.43. The predicted octanol–water partition coefficient (Wildman–Crippen LogP) is 3.87. The number of likely N-dealkylation sites (tertiary alicyclic amines) is 1. The Bertz CT molecular complexity index is 871. The van der Waals surface area contributed by atoms with Crippen molar-refractivity contribution in [2.45, 2.75) is 18.9 Å². The van der Waals surface area contributed by atoms with Crippen molar-refractivity contribution in [3.63, 3.8) is 0 Å². The van der Waals surface area contributed by atoms with Crippen molar-refractivity contribution in [2.75, 3.05) is 19.0 Å². The molecule has 1 saturated heterocycles. The Kier molecular flexibility index (Phi) is 5.60. The molecule has 0 spiro atoms. The molecule has 1 aliphatic rings. The summed E-state index contributed by atoms with van der Waals surface area (Å²) in [5.74, 6) is -2.14. The minimum Gasteiger partial charge on any atom is -0.496 e. The number of hydrogen-bond acceptors (Lipinski definition) is 3. The van der Waals surface area contributed by atoms with Crippen molar-refractivity contribution in [1.29, 1.82) is 0 Å². The summed E-state index contributed by atoms with van der Waals surface area (Å²) in [5.41, 5.74) is 0.249. The number of nitrogens with zero attached hydrogens (tertiary/aromatic N) is 1. The van der Waals surface area contributed by atoms with Crippen LogP contribution in [0.1, 0.15) is 23.2 Å². The molecule has 1 atom stereocenters. The van der Waals surface area contributed by atoms with E-state index in [0.29, 0.717) is 36.2 Å². The number of ether oxygens (including phenoxy) is 1. The number of methoxy groups -OCH3 is 1. The van der Waals surface area contributed by atoms with Crippen LogP contribution in [0, 0.1) is 11.6 Å². The molecule has 1 heterocycles. The summed E-state index contributed by atoms with van der Waals surface area (Å²) in [6.45, 7) is 0.379. The molecule has 2 amide bonds. The summed E-state index contributed by atoms with van der Waals surface area (Å²) < 4.78 is 31.9. The molecule has 1 aliphatic heterocycles. The second kappa shape index (κ2) is 7.92. The molecule has 0 aliphatic carbocycles. The summed E-state index contributed by atoms with van der Waals surface area (Å²) in [6, 6.07) is 6.65. The van der Waals surface area contributed by atoms with Crippen LogP contribution in [0.5, 0.6) is 5.75 Å². The van der Waals surface area contributed by atoms with Crippen LogP contribution in [0.2, 0.25) is 5.02 Å². The predicted molar refractivity (Wildman–Crippen MR) is 97.1 cm³/mol. The smallest absolute Gasteiger partial charge is 0.258 e. The molecule has 0 radical (unpaired) electrons. The van der Waals surface area contributed by atoms with E-state index in [4.69, 9.17) is 16.3 Å². The molecule has 1 N–H and O–H groups in total. The van der Waals surface area contributed by atoms with E-state index in [0.717, 1.165) is 12.1 Å². The third kappa shape index (κ3) is 4.19. The maximum absolute atomic E-state index is 13.3. The number of rotatable bonds is 4. The molecule has 0 saturated carbocycles. The average molecular weight is 395 g/mol. The summed E-state index contributed by atoms with van der Waals surface area (Å²) >= 11 is 5.98. The lowest BCUT2D eigenvalue weighted by molar-refractivity contribution is -0.119.